The highest BCUT2D eigenvalue weighted by Crippen LogP contribution is 2.46. The maximum Gasteiger partial charge on any atom is 0.272 e. The van der Waals surface area contributed by atoms with Crippen molar-refractivity contribution in [1.82, 2.24) is 5.06 Å². The molecule has 0 radical (unpaired) electrons. The molecule has 1 aliphatic carbocycles. The van der Waals surface area contributed by atoms with Gasteiger partial charge in [-0.2, -0.15) is 5.06 Å². The number of amides is 1. The summed E-state index contributed by atoms with van der Waals surface area (Å²) in [4.78, 5) is 41.6. The Morgan fingerprint density at radius 2 is 2.10 bits per heavy atom. The molecule has 20 heavy (non-hydrogen) atoms. The van der Waals surface area contributed by atoms with E-state index in [0.29, 0.717) is 12.0 Å². The third-order valence-electron chi connectivity index (χ3n) is 3.56. The standard InChI is InChI=1S/C14H15NO5/c1-4-5-9-6-7-10(16)12(18)14(9)11(17)8(2)15(20-3)13(14)19/h5-7,12,18H,2,4H2,1,3H3/b9-5-/t12-,14-/m0/s1. The van der Waals surface area contributed by atoms with Crippen LogP contribution < -0.4 is 0 Å². The van der Waals surface area contributed by atoms with Gasteiger partial charge in [0.1, 0.15) is 11.8 Å². The molecule has 2 aliphatic rings. The summed E-state index contributed by atoms with van der Waals surface area (Å²) in [5.74, 6) is -2.19. The van der Waals surface area contributed by atoms with E-state index in [1.807, 2.05) is 6.92 Å². The summed E-state index contributed by atoms with van der Waals surface area (Å²) in [5, 5.41) is 10.9. The molecular weight excluding hydrogens is 262 g/mol. The second-order valence-electron chi connectivity index (χ2n) is 4.57. The number of hydrogen-bond donors (Lipinski definition) is 1. The van der Waals surface area contributed by atoms with Crippen molar-refractivity contribution in [1.29, 1.82) is 0 Å². The zero-order valence-electron chi connectivity index (χ0n) is 11.3. The lowest BCUT2D eigenvalue weighted by Crippen LogP contribution is -2.52. The lowest BCUT2D eigenvalue weighted by atomic mass is 9.68. The first kappa shape index (κ1) is 14.4. The van der Waals surface area contributed by atoms with Crippen LogP contribution in [0.2, 0.25) is 0 Å². The number of rotatable bonds is 2. The van der Waals surface area contributed by atoms with Gasteiger partial charge in [-0.05, 0) is 18.1 Å². The fraction of sp³-hybridized carbons (Fsp3) is 0.357. The Morgan fingerprint density at radius 1 is 1.45 bits per heavy atom. The topological polar surface area (TPSA) is 83.9 Å². The molecule has 0 aromatic rings. The molecule has 1 amide bonds. The van der Waals surface area contributed by atoms with Crippen LogP contribution in [0.4, 0.5) is 0 Å². The van der Waals surface area contributed by atoms with Crippen LogP contribution in [-0.4, -0.2) is 40.9 Å². The van der Waals surface area contributed by atoms with E-state index in [1.165, 1.54) is 13.2 Å². The minimum atomic E-state index is -1.96. The van der Waals surface area contributed by atoms with Crippen molar-refractivity contribution in [3.05, 3.63) is 36.1 Å². The number of hydroxylamine groups is 2. The van der Waals surface area contributed by atoms with Crippen LogP contribution in [-0.2, 0) is 19.2 Å². The summed E-state index contributed by atoms with van der Waals surface area (Å²) in [5.41, 5.74) is -1.86. The first-order valence-electron chi connectivity index (χ1n) is 6.15. The van der Waals surface area contributed by atoms with Gasteiger partial charge in [0.25, 0.3) is 5.91 Å². The van der Waals surface area contributed by atoms with E-state index in [9.17, 15) is 19.5 Å². The molecule has 1 N–H and O–H groups in total. The maximum atomic E-state index is 12.5. The molecule has 2 atom stereocenters. The van der Waals surface area contributed by atoms with Gasteiger partial charge in [-0.25, -0.2) is 0 Å². The zero-order chi connectivity index (χ0) is 15.1. The van der Waals surface area contributed by atoms with Gasteiger partial charge in [-0.15, -0.1) is 0 Å². The summed E-state index contributed by atoms with van der Waals surface area (Å²) in [7, 11) is 1.21. The Hall–Kier alpha value is -2.05. The average Bonchev–Trinajstić information content (AvgIpc) is 2.61. The fourth-order valence-corrected chi connectivity index (χ4v) is 2.60. The van der Waals surface area contributed by atoms with E-state index in [1.54, 1.807) is 6.08 Å². The van der Waals surface area contributed by atoms with E-state index in [-0.39, 0.29) is 5.70 Å². The predicted molar refractivity (Wildman–Crippen MR) is 69.0 cm³/mol. The van der Waals surface area contributed by atoms with Crippen LogP contribution in [0.1, 0.15) is 13.3 Å². The van der Waals surface area contributed by atoms with Crippen molar-refractivity contribution in [2.24, 2.45) is 5.41 Å². The molecular formula is C14H15NO5. The Balaban J connectivity index is 2.72. The average molecular weight is 277 g/mol. The van der Waals surface area contributed by atoms with Crippen LogP contribution in [0.5, 0.6) is 0 Å². The lowest BCUT2D eigenvalue weighted by Gasteiger charge is -2.32. The van der Waals surface area contributed by atoms with Crippen molar-refractivity contribution in [2.45, 2.75) is 19.4 Å². The van der Waals surface area contributed by atoms with Crippen molar-refractivity contribution >= 4 is 17.5 Å². The number of allylic oxidation sites excluding steroid dienone is 3. The van der Waals surface area contributed by atoms with Crippen molar-refractivity contribution < 1.29 is 24.3 Å². The van der Waals surface area contributed by atoms with Gasteiger partial charge in [0, 0.05) is 0 Å². The molecule has 0 unspecified atom stereocenters. The molecule has 1 saturated heterocycles. The van der Waals surface area contributed by atoms with Gasteiger partial charge in [0.15, 0.2) is 11.2 Å². The van der Waals surface area contributed by atoms with Gasteiger partial charge in [0.05, 0.1) is 7.11 Å². The molecule has 0 saturated carbocycles. The normalized spacial score (nSPS) is 32.0. The highest BCUT2D eigenvalue weighted by Gasteiger charge is 2.65. The Labute approximate surface area is 116 Å². The lowest BCUT2D eigenvalue weighted by molar-refractivity contribution is -0.170. The summed E-state index contributed by atoms with van der Waals surface area (Å²) in [6.07, 6.45) is 2.97. The molecule has 6 nitrogen and oxygen atoms in total. The summed E-state index contributed by atoms with van der Waals surface area (Å²) >= 11 is 0. The van der Waals surface area contributed by atoms with E-state index >= 15 is 0 Å². The SMILES string of the molecule is C=C1C(=O)[C@@]2(C(=O)N1OC)/C(=C\CC)C=CC(=O)[C@@H]2O. The fourth-order valence-electron chi connectivity index (χ4n) is 2.60. The maximum absolute atomic E-state index is 12.5. The van der Waals surface area contributed by atoms with Crippen LogP contribution >= 0.6 is 0 Å². The van der Waals surface area contributed by atoms with Crippen molar-refractivity contribution in [3.63, 3.8) is 0 Å². The molecule has 1 fully saturated rings. The van der Waals surface area contributed by atoms with Crippen molar-refractivity contribution in [3.8, 4) is 0 Å². The highest BCUT2D eigenvalue weighted by atomic mass is 16.7. The van der Waals surface area contributed by atoms with Crippen LogP contribution in [0.3, 0.4) is 0 Å². The molecule has 6 heteroatoms. The second kappa shape index (κ2) is 4.81. The van der Waals surface area contributed by atoms with E-state index in [2.05, 4.69) is 6.58 Å². The zero-order valence-corrected chi connectivity index (χ0v) is 11.3. The molecule has 1 spiro atoms. The highest BCUT2D eigenvalue weighted by molar-refractivity contribution is 6.26. The summed E-state index contributed by atoms with van der Waals surface area (Å²) in [6, 6.07) is 0. The molecule has 106 valence electrons. The number of carbonyl (C=O) groups is 3. The Bertz CT molecular complexity index is 574. The number of hydrogen-bond acceptors (Lipinski definition) is 5. The first-order valence-corrected chi connectivity index (χ1v) is 6.15. The monoisotopic (exact) mass is 277 g/mol. The molecule has 0 bridgehead atoms. The minimum Gasteiger partial charge on any atom is -0.383 e. The molecule has 2 rings (SSSR count). The van der Waals surface area contributed by atoms with Gasteiger partial charge in [-0.3, -0.25) is 19.2 Å². The van der Waals surface area contributed by atoms with Crippen LogP contribution in [0.15, 0.2) is 36.1 Å². The third kappa shape index (κ3) is 1.55. The number of aliphatic hydroxyl groups is 1. The first-order chi connectivity index (χ1) is 9.42. The van der Waals surface area contributed by atoms with Gasteiger partial charge in [-0.1, -0.05) is 25.7 Å². The van der Waals surface area contributed by atoms with Gasteiger partial charge < -0.3 is 5.11 Å². The second-order valence-corrected chi connectivity index (χ2v) is 4.57. The van der Waals surface area contributed by atoms with Gasteiger partial charge >= 0.3 is 0 Å². The molecule has 1 aliphatic heterocycles. The summed E-state index contributed by atoms with van der Waals surface area (Å²) in [6.45, 7) is 5.32. The number of carbonyl (C=O) groups excluding carboxylic acids is 3. The predicted octanol–water partition coefficient (Wildman–Crippen LogP) is 0.295. The Morgan fingerprint density at radius 3 is 2.60 bits per heavy atom. The number of aliphatic hydroxyl groups excluding tert-OH is 1. The smallest absolute Gasteiger partial charge is 0.272 e. The molecule has 1 heterocycles. The minimum absolute atomic E-state index is 0.193. The summed E-state index contributed by atoms with van der Waals surface area (Å²) < 4.78 is 0. The van der Waals surface area contributed by atoms with E-state index in [0.717, 1.165) is 11.1 Å². The number of Topliss-reactive ketones (excluding diaryl/α,β-unsaturated/α-hetero) is 1. The van der Waals surface area contributed by atoms with Crippen molar-refractivity contribution in [2.75, 3.05) is 7.11 Å². The van der Waals surface area contributed by atoms with Crippen LogP contribution in [0.25, 0.3) is 0 Å². The van der Waals surface area contributed by atoms with E-state index < -0.39 is 29.0 Å². The quantitative estimate of drug-likeness (QED) is 0.579. The van der Waals surface area contributed by atoms with E-state index in [4.69, 9.17) is 4.84 Å². The Kier molecular flexibility index (Phi) is 3.45. The third-order valence-corrected chi connectivity index (χ3v) is 3.56. The van der Waals surface area contributed by atoms with Gasteiger partial charge in [0.2, 0.25) is 5.78 Å². The van der Waals surface area contributed by atoms with Crippen LogP contribution in [0, 0.1) is 5.41 Å². The largest absolute Gasteiger partial charge is 0.383 e. The number of ketones is 2. The number of nitrogens with zero attached hydrogens (tertiary/aromatic N) is 1. The molecule has 0 aromatic heterocycles. The molecule has 0 aromatic carbocycles.